The summed E-state index contributed by atoms with van der Waals surface area (Å²) in [6.07, 6.45) is 2.78. The van der Waals surface area contributed by atoms with Crippen molar-refractivity contribution < 1.29 is 13.2 Å². The number of primary sulfonamides is 1. The van der Waals surface area contributed by atoms with Crippen molar-refractivity contribution in [3.8, 4) is 16.8 Å². The maximum atomic E-state index is 13.3. The van der Waals surface area contributed by atoms with Gasteiger partial charge in [0.2, 0.25) is 10.0 Å². The zero-order valence-electron chi connectivity index (χ0n) is 17.6. The fourth-order valence-electron chi connectivity index (χ4n) is 4.15. The third-order valence-corrected chi connectivity index (χ3v) is 7.72. The molecular weight excluding hydrogens is 523 g/mol. The minimum Gasteiger partial charge on any atom is -0.317 e. The Labute approximate surface area is 196 Å². The Balaban J connectivity index is 1.88. The highest BCUT2D eigenvalue weighted by molar-refractivity contribution is 14.1. The highest BCUT2D eigenvalue weighted by atomic mass is 127. The van der Waals surface area contributed by atoms with Crippen LogP contribution in [0.5, 0.6) is 0 Å². The Morgan fingerprint density at radius 2 is 1.65 bits per heavy atom. The molecule has 1 aromatic heterocycles. The molecule has 1 aliphatic rings. The summed E-state index contributed by atoms with van der Waals surface area (Å²) in [7, 11) is -3.77. The summed E-state index contributed by atoms with van der Waals surface area (Å²) in [5.41, 5.74) is 6.54. The predicted molar refractivity (Wildman–Crippen MR) is 131 cm³/mol. The molecular formula is C24H25IN2O3S. The van der Waals surface area contributed by atoms with Gasteiger partial charge in [0.25, 0.3) is 0 Å². The van der Waals surface area contributed by atoms with Crippen LogP contribution in [0.3, 0.4) is 0 Å². The molecule has 4 rings (SSSR count). The van der Waals surface area contributed by atoms with E-state index in [2.05, 4.69) is 51.4 Å². The van der Waals surface area contributed by atoms with Gasteiger partial charge in [0, 0.05) is 39.1 Å². The summed E-state index contributed by atoms with van der Waals surface area (Å²) in [4.78, 5) is 13.4. The van der Waals surface area contributed by atoms with Crippen LogP contribution in [0.2, 0.25) is 0 Å². The summed E-state index contributed by atoms with van der Waals surface area (Å²) in [5.74, 6) is 0.632. The molecule has 0 bridgehead atoms. The molecule has 0 aliphatic heterocycles. The minimum atomic E-state index is -3.77. The standard InChI is InChI=1S/C24H25IN2O3S/c1-15-23(19-7-11-21(12-8-19)31(26,29)30)24(22(28)13-17-3-4-17)16(2)27(15)20-9-5-18(14-25)6-10-20/h5-12,17H,3-4,13-14H2,1-2H3,(H2,26,29,30). The van der Waals surface area contributed by atoms with E-state index in [0.717, 1.165) is 51.0 Å². The molecule has 5 nitrogen and oxygen atoms in total. The second-order valence-corrected chi connectivity index (χ2v) is 10.5. The zero-order chi connectivity index (χ0) is 22.3. The molecule has 7 heteroatoms. The first-order valence-electron chi connectivity index (χ1n) is 10.2. The molecule has 0 amide bonds. The van der Waals surface area contributed by atoms with Crippen molar-refractivity contribution in [1.82, 2.24) is 4.57 Å². The maximum absolute atomic E-state index is 13.3. The topological polar surface area (TPSA) is 82.2 Å². The van der Waals surface area contributed by atoms with E-state index in [4.69, 9.17) is 5.14 Å². The summed E-state index contributed by atoms with van der Waals surface area (Å²) in [6.45, 7) is 4.00. The van der Waals surface area contributed by atoms with Crippen LogP contribution in [-0.2, 0) is 14.5 Å². The van der Waals surface area contributed by atoms with E-state index < -0.39 is 10.0 Å². The van der Waals surface area contributed by atoms with Crippen LogP contribution in [-0.4, -0.2) is 18.8 Å². The van der Waals surface area contributed by atoms with Crippen LogP contribution >= 0.6 is 22.6 Å². The average molecular weight is 548 g/mol. The third-order valence-electron chi connectivity index (χ3n) is 5.91. The number of carbonyl (C=O) groups is 1. The molecule has 0 radical (unpaired) electrons. The summed E-state index contributed by atoms with van der Waals surface area (Å²) in [6, 6.07) is 14.8. The number of alkyl halides is 1. The highest BCUT2D eigenvalue weighted by Gasteiger charge is 2.30. The summed E-state index contributed by atoms with van der Waals surface area (Å²) in [5, 5.41) is 5.26. The number of hydrogen-bond acceptors (Lipinski definition) is 3. The number of aromatic nitrogens is 1. The third kappa shape index (κ3) is 4.49. The number of halogens is 1. The molecule has 1 saturated carbocycles. The van der Waals surface area contributed by atoms with E-state index in [9.17, 15) is 13.2 Å². The number of benzene rings is 2. The van der Waals surface area contributed by atoms with Gasteiger partial charge in [0.1, 0.15) is 0 Å². The first-order valence-corrected chi connectivity index (χ1v) is 13.3. The lowest BCUT2D eigenvalue weighted by Crippen LogP contribution is -2.11. The molecule has 1 heterocycles. The maximum Gasteiger partial charge on any atom is 0.238 e. The molecule has 1 fully saturated rings. The SMILES string of the molecule is Cc1c(C(=O)CC2CC2)c(-c2ccc(S(N)(=O)=O)cc2)c(C)n1-c1ccc(CI)cc1. The van der Waals surface area contributed by atoms with Crippen molar-refractivity contribution in [2.24, 2.45) is 11.1 Å². The van der Waals surface area contributed by atoms with Crippen LogP contribution in [0, 0.1) is 19.8 Å². The Hall–Kier alpha value is -1.97. The van der Waals surface area contributed by atoms with Gasteiger partial charge in [-0.05, 0) is 68.0 Å². The number of hydrogen-bond donors (Lipinski definition) is 1. The molecule has 2 aromatic carbocycles. The van der Waals surface area contributed by atoms with Crippen LogP contribution in [0.25, 0.3) is 16.8 Å². The lowest BCUT2D eigenvalue weighted by molar-refractivity contribution is 0.0976. The molecule has 0 spiro atoms. The first kappa shape index (κ1) is 22.2. The Kier molecular flexibility index (Phi) is 6.11. The van der Waals surface area contributed by atoms with Crippen molar-refractivity contribution in [3.63, 3.8) is 0 Å². The second-order valence-electron chi connectivity index (χ2n) is 8.20. The van der Waals surface area contributed by atoms with E-state index in [0.29, 0.717) is 12.3 Å². The molecule has 162 valence electrons. The van der Waals surface area contributed by atoms with Gasteiger partial charge in [-0.2, -0.15) is 0 Å². The predicted octanol–water partition coefficient (Wildman–Crippen LogP) is 5.33. The zero-order valence-corrected chi connectivity index (χ0v) is 20.5. The first-order chi connectivity index (χ1) is 14.7. The fourth-order valence-corrected chi connectivity index (χ4v) is 5.17. The molecule has 3 aromatic rings. The lowest BCUT2D eigenvalue weighted by Gasteiger charge is -2.11. The van der Waals surface area contributed by atoms with Gasteiger partial charge in [-0.1, -0.05) is 46.9 Å². The Bertz CT molecular complexity index is 1240. The molecule has 0 saturated heterocycles. The largest absolute Gasteiger partial charge is 0.317 e. The number of carbonyl (C=O) groups excluding carboxylic acids is 1. The minimum absolute atomic E-state index is 0.0605. The van der Waals surface area contributed by atoms with Crippen LogP contribution in [0.15, 0.2) is 53.4 Å². The number of Topliss-reactive ketones (excluding diaryl/α,β-unsaturated/α-hetero) is 1. The number of rotatable bonds is 7. The molecule has 31 heavy (non-hydrogen) atoms. The number of ketones is 1. The number of nitrogens with two attached hydrogens (primary N) is 1. The number of sulfonamides is 1. The quantitative estimate of drug-likeness (QED) is 0.246. The van der Waals surface area contributed by atoms with E-state index >= 15 is 0 Å². The normalized spacial score (nSPS) is 14.1. The van der Waals surface area contributed by atoms with Crippen molar-refractivity contribution >= 4 is 38.4 Å². The van der Waals surface area contributed by atoms with Gasteiger partial charge < -0.3 is 4.57 Å². The van der Waals surface area contributed by atoms with Gasteiger partial charge in [-0.25, -0.2) is 13.6 Å². The second kappa shape index (κ2) is 8.52. The molecule has 0 unspecified atom stereocenters. The Morgan fingerprint density at radius 1 is 1.03 bits per heavy atom. The van der Waals surface area contributed by atoms with Crippen LogP contribution in [0.4, 0.5) is 0 Å². The molecule has 2 N–H and O–H groups in total. The van der Waals surface area contributed by atoms with Crippen molar-refractivity contribution in [2.75, 3.05) is 0 Å². The monoisotopic (exact) mass is 548 g/mol. The number of nitrogens with zero attached hydrogens (tertiary/aromatic N) is 1. The van der Waals surface area contributed by atoms with Gasteiger partial charge in [0.15, 0.2) is 5.78 Å². The van der Waals surface area contributed by atoms with Gasteiger partial charge in [-0.3, -0.25) is 4.79 Å². The van der Waals surface area contributed by atoms with E-state index in [1.165, 1.54) is 17.7 Å². The van der Waals surface area contributed by atoms with Crippen molar-refractivity contribution in [3.05, 3.63) is 71.0 Å². The Morgan fingerprint density at radius 3 is 2.16 bits per heavy atom. The lowest BCUT2D eigenvalue weighted by atomic mass is 9.95. The van der Waals surface area contributed by atoms with Gasteiger partial charge >= 0.3 is 0 Å². The van der Waals surface area contributed by atoms with E-state index in [1.54, 1.807) is 12.1 Å². The average Bonchev–Trinajstić information content (AvgIpc) is 3.51. The van der Waals surface area contributed by atoms with Crippen LogP contribution in [0.1, 0.15) is 46.6 Å². The summed E-state index contributed by atoms with van der Waals surface area (Å²) < 4.78 is 26.4. The van der Waals surface area contributed by atoms with Crippen molar-refractivity contribution in [2.45, 2.75) is 42.4 Å². The molecule has 1 aliphatic carbocycles. The van der Waals surface area contributed by atoms with Gasteiger partial charge in [-0.15, -0.1) is 0 Å². The van der Waals surface area contributed by atoms with E-state index in [1.807, 2.05) is 13.8 Å². The van der Waals surface area contributed by atoms with Gasteiger partial charge in [0.05, 0.1) is 4.90 Å². The van der Waals surface area contributed by atoms with Crippen LogP contribution < -0.4 is 5.14 Å². The smallest absolute Gasteiger partial charge is 0.238 e. The van der Waals surface area contributed by atoms with Crippen molar-refractivity contribution in [1.29, 1.82) is 0 Å². The fraction of sp³-hybridized carbons (Fsp3) is 0.292. The molecule has 0 atom stereocenters. The van der Waals surface area contributed by atoms with E-state index in [-0.39, 0.29) is 10.7 Å². The highest BCUT2D eigenvalue weighted by Crippen LogP contribution is 2.39. The summed E-state index contributed by atoms with van der Waals surface area (Å²) >= 11 is 2.34.